The molecule has 3 rings (SSSR count). The zero-order chi connectivity index (χ0) is 17.8. The Hall–Kier alpha value is -2.18. The SMILES string of the molecule is O=C(CC1C/[N+](=C/c2ccc(Cl)cc2)N=C1[O-])Nc1ccc(Br)cc1. The van der Waals surface area contributed by atoms with Gasteiger partial charge in [0.1, 0.15) is 0 Å². The lowest BCUT2D eigenvalue weighted by Crippen LogP contribution is -2.30. The summed E-state index contributed by atoms with van der Waals surface area (Å²) < 4.78 is 2.51. The molecule has 1 N–H and O–H groups in total. The fourth-order valence-corrected chi connectivity index (χ4v) is 2.87. The van der Waals surface area contributed by atoms with Crippen LogP contribution in [-0.4, -0.2) is 29.2 Å². The molecule has 0 fully saturated rings. The first-order chi connectivity index (χ1) is 12.0. The van der Waals surface area contributed by atoms with Crippen molar-refractivity contribution in [2.45, 2.75) is 6.42 Å². The zero-order valence-corrected chi connectivity index (χ0v) is 15.5. The molecule has 0 radical (unpaired) electrons. The van der Waals surface area contributed by atoms with Gasteiger partial charge in [0, 0.05) is 33.1 Å². The summed E-state index contributed by atoms with van der Waals surface area (Å²) in [5.74, 6) is -0.931. The fraction of sp³-hybridized carbons (Fsp3) is 0.167. The van der Waals surface area contributed by atoms with Crippen molar-refractivity contribution in [3.63, 3.8) is 0 Å². The van der Waals surface area contributed by atoms with Crippen LogP contribution >= 0.6 is 27.5 Å². The van der Waals surface area contributed by atoms with Crippen LogP contribution in [-0.2, 0) is 4.79 Å². The largest absolute Gasteiger partial charge is 0.857 e. The van der Waals surface area contributed by atoms with Crippen molar-refractivity contribution >= 4 is 51.2 Å². The van der Waals surface area contributed by atoms with E-state index in [1.54, 1.807) is 35.2 Å². The van der Waals surface area contributed by atoms with Gasteiger partial charge in [-0.2, -0.15) is 0 Å². The predicted molar refractivity (Wildman–Crippen MR) is 100 cm³/mol. The number of hydrogen-bond acceptors (Lipinski definition) is 3. The van der Waals surface area contributed by atoms with Crippen molar-refractivity contribution in [3.8, 4) is 0 Å². The van der Waals surface area contributed by atoms with Gasteiger partial charge in [-0.25, -0.2) is 0 Å². The lowest BCUT2D eigenvalue weighted by atomic mass is 10.1. The lowest BCUT2D eigenvalue weighted by molar-refractivity contribution is -0.523. The van der Waals surface area contributed by atoms with Crippen LogP contribution in [0, 0.1) is 5.92 Å². The number of nitrogens with zero attached hydrogens (tertiary/aromatic N) is 2. The first kappa shape index (κ1) is 17.6. The van der Waals surface area contributed by atoms with Gasteiger partial charge in [-0.1, -0.05) is 32.2 Å². The standard InChI is InChI=1S/C18H15BrClN3O2/c19-14-3-7-16(8-4-14)21-17(24)9-13-11-23(22-18(13)25)10-12-1-5-15(20)6-2-12/h1-8,10,13H,9,11H2,(H-,21,22,24,25)/b23-10-. The molecule has 1 heterocycles. The van der Waals surface area contributed by atoms with E-state index in [-0.39, 0.29) is 18.2 Å². The predicted octanol–water partition coefficient (Wildman–Crippen LogP) is 2.87. The quantitative estimate of drug-likeness (QED) is 0.773. The molecule has 25 heavy (non-hydrogen) atoms. The van der Waals surface area contributed by atoms with E-state index >= 15 is 0 Å². The Bertz CT molecular complexity index is 832. The number of hydrazone groups is 1. The molecule has 1 amide bonds. The van der Waals surface area contributed by atoms with Crippen LogP contribution in [0.3, 0.4) is 0 Å². The lowest BCUT2D eigenvalue weighted by Gasteiger charge is -2.11. The Kier molecular flexibility index (Phi) is 5.50. The summed E-state index contributed by atoms with van der Waals surface area (Å²) in [4.78, 5) is 12.1. The van der Waals surface area contributed by atoms with Gasteiger partial charge in [0.05, 0.1) is 5.92 Å². The molecule has 1 aliphatic heterocycles. The maximum absolute atomic E-state index is 12.1. The smallest absolute Gasteiger partial charge is 0.225 e. The second-order valence-electron chi connectivity index (χ2n) is 5.70. The number of carbonyl (C=O) groups is 1. The van der Waals surface area contributed by atoms with Crippen molar-refractivity contribution in [2.75, 3.05) is 11.9 Å². The molecule has 1 unspecified atom stereocenters. The molecule has 0 bridgehead atoms. The van der Waals surface area contributed by atoms with Crippen LogP contribution in [0.25, 0.3) is 0 Å². The highest BCUT2D eigenvalue weighted by molar-refractivity contribution is 9.10. The minimum absolute atomic E-state index is 0.101. The molecule has 0 aromatic heterocycles. The second kappa shape index (κ2) is 7.80. The van der Waals surface area contributed by atoms with Crippen molar-refractivity contribution < 1.29 is 14.6 Å². The van der Waals surface area contributed by atoms with E-state index in [4.69, 9.17) is 11.6 Å². The van der Waals surface area contributed by atoms with Crippen molar-refractivity contribution in [3.05, 3.63) is 63.6 Å². The average molecular weight is 421 g/mol. The number of amides is 1. The van der Waals surface area contributed by atoms with Gasteiger partial charge in [0.15, 0.2) is 6.54 Å². The first-order valence-corrected chi connectivity index (χ1v) is 8.85. The molecule has 1 atom stereocenters. The highest BCUT2D eigenvalue weighted by Crippen LogP contribution is 2.17. The second-order valence-corrected chi connectivity index (χ2v) is 7.05. The van der Waals surface area contributed by atoms with Crippen LogP contribution in [0.15, 0.2) is 58.1 Å². The van der Waals surface area contributed by atoms with Gasteiger partial charge in [0.2, 0.25) is 12.1 Å². The van der Waals surface area contributed by atoms with E-state index in [9.17, 15) is 9.90 Å². The molecule has 1 aliphatic rings. The van der Waals surface area contributed by atoms with E-state index in [1.165, 1.54) is 0 Å². The number of hydrogen-bond donors (Lipinski definition) is 1. The topological polar surface area (TPSA) is 67.5 Å². The molecule has 0 saturated carbocycles. The van der Waals surface area contributed by atoms with Gasteiger partial charge >= 0.3 is 0 Å². The number of benzene rings is 2. The first-order valence-electron chi connectivity index (χ1n) is 7.67. The summed E-state index contributed by atoms with van der Waals surface area (Å²) in [6.45, 7) is 0.384. The Morgan fingerprint density at radius 3 is 2.64 bits per heavy atom. The fourth-order valence-electron chi connectivity index (χ4n) is 2.48. The summed E-state index contributed by atoms with van der Waals surface area (Å²) in [7, 11) is 0. The molecule has 2 aromatic rings. The molecule has 128 valence electrons. The number of rotatable bonds is 4. The zero-order valence-electron chi connectivity index (χ0n) is 13.2. The molecule has 0 aliphatic carbocycles. The molecule has 2 aromatic carbocycles. The third kappa shape index (κ3) is 4.90. The molecule has 7 heteroatoms. The van der Waals surface area contributed by atoms with E-state index in [0.717, 1.165) is 10.0 Å². The maximum Gasteiger partial charge on any atom is 0.225 e. The van der Waals surface area contributed by atoms with Crippen LogP contribution in [0.2, 0.25) is 5.02 Å². The van der Waals surface area contributed by atoms with Crippen molar-refractivity contribution in [2.24, 2.45) is 11.0 Å². The average Bonchev–Trinajstić information content (AvgIpc) is 2.91. The highest BCUT2D eigenvalue weighted by Gasteiger charge is 2.27. The molecular weight excluding hydrogens is 406 g/mol. The van der Waals surface area contributed by atoms with Gasteiger partial charge in [-0.15, -0.1) is 0 Å². The van der Waals surface area contributed by atoms with Gasteiger partial charge in [-0.3, -0.25) is 4.79 Å². The molecule has 0 saturated heterocycles. The van der Waals surface area contributed by atoms with Crippen LogP contribution < -0.4 is 10.4 Å². The van der Waals surface area contributed by atoms with Crippen LogP contribution in [0.4, 0.5) is 5.69 Å². The summed E-state index contributed by atoms with van der Waals surface area (Å²) in [6.07, 6.45) is 1.87. The Balaban J connectivity index is 1.60. The van der Waals surface area contributed by atoms with Crippen LogP contribution in [0.5, 0.6) is 0 Å². The molecule has 0 spiro atoms. The summed E-state index contributed by atoms with van der Waals surface area (Å²) in [5, 5.41) is 19.4. The normalized spacial score (nSPS) is 18.2. The van der Waals surface area contributed by atoms with E-state index in [0.29, 0.717) is 17.3 Å². The summed E-state index contributed by atoms with van der Waals surface area (Å²) in [6, 6.07) is 14.5. The monoisotopic (exact) mass is 419 g/mol. The molecule has 5 nitrogen and oxygen atoms in total. The van der Waals surface area contributed by atoms with Gasteiger partial charge in [0.25, 0.3) is 0 Å². The van der Waals surface area contributed by atoms with Crippen molar-refractivity contribution in [1.29, 1.82) is 0 Å². The van der Waals surface area contributed by atoms with Gasteiger partial charge < -0.3 is 10.4 Å². The minimum atomic E-state index is -0.445. The number of anilines is 1. The van der Waals surface area contributed by atoms with E-state index in [1.807, 2.05) is 24.3 Å². The number of nitrogens with one attached hydrogen (secondary N) is 1. The third-order valence-corrected chi connectivity index (χ3v) is 4.49. The minimum Gasteiger partial charge on any atom is -0.857 e. The van der Waals surface area contributed by atoms with E-state index in [2.05, 4.69) is 26.3 Å². The third-order valence-electron chi connectivity index (χ3n) is 3.71. The number of carbonyl (C=O) groups excluding carboxylic acids is 1. The summed E-state index contributed by atoms with van der Waals surface area (Å²) >= 11 is 9.20. The Morgan fingerprint density at radius 1 is 1.28 bits per heavy atom. The summed E-state index contributed by atoms with van der Waals surface area (Å²) in [5.41, 5.74) is 1.58. The van der Waals surface area contributed by atoms with Gasteiger partial charge in [-0.05, 0) is 53.6 Å². The molecular formula is C18H15BrClN3O2. The van der Waals surface area contributed by atoms with E-state index < -0.39 is 5.92 Å². The Labute approximate surface area is 158 Å². The maximum atomic E-state index is 12.1. The van der Waals surface area contributed by atoms with Crippen molar-refractivity contribution in [1.82, 2.24) is 0 Å². The number of halogens is 2. The Morgan fingerprint density at radius 2 is 1.96 bits per heavy atom. The highest BCUT2D eigenvalue weighted by atomic mass is 79.9. The van der Waals surface area contributed by atoms with Crippen LogP contribution in [0.1, 0.15) is 12.0 Å².